The third kappa shape index (κ3) is 2.98. The molecule has 0 heterocycles. The van der Waals surface area contributed by atoms with Crippen molar-refractivity contribution in [3.63, 3.8) is 0 Å². The quantitative estimate of drug-likeness (QED) is 0.672. The molecule has 1 fully saturated rings. The van der Waals surface area contributed by atoms with Crippen LogP contribution >= 0.6 is 0 Å². The van der Waals surface area contributed by atoms with E-state index < -0.39 is 18.5 Å². The second-order valence-corrected chi connectivity index (χ2v) is 3.05. The minimum Gasteiger partial charge on any atom is -0.325 e. The predicted octanol–water partition coefficient (Wildman–Crippen LogP) is 1.79. The van der Waals surface area contributed by atoms with Crippen LogP contribution in [0, 0.1) is 0 Å². The summed E-state index contributed by atoms with van der Waals surface area (Å²) in [5.74, 6) is 0. The molecule has 2 N–H and O–H groups in total. The Bertz CT molecular complexity index is 148. The van der Waals surface area contributed by atoms with Crippen LogP contribution < -0.4 is 5.73 Å². The highest BCUT2D eigenvalue weighted by atomic mass is 19.4. The topological polar surface area (TPSA) is 35.2 Å². The van der Waals surface area contributed by atoms with E-state index in [9.17, 15) is 13.2 Å². The third-order valence-corrected chi connectivity index (χ3v) is 2.04. The zero-order valence-corrected chi connectivity index (χ0v) is 6.60. The van der Waals surface area contributed by atoms with Gasteiger partial charge in [-0.25, -0.2) is 0 Å². The van der Waals surface area contributed by atoms with Crippen molar-refractivity contribution < 1.29 is 17.9 Å². The Hall–Kier alpha value is -0.290. The maximum atomic E-state index is 11.7. The maximum absolute atomic E-state index is 11.7. The van der Waals surface area contributed by atoms with E-state index in [1.54, 1.807) is 0 Å². The van der Waals surface area contributed by atoms with E-state index in [1.807, 2.05) is 0 Å². The zero-order chi connectivity index (χ0) is 9.19. The fourth-order valence-corrected chi connectivity index (χ4v) is 1.44. The minimum atomic E-state index is -4.54. The molecule has 2 unspecified atom stereocenters. The normalized spacial score (nSPS) is 32.0. The van der Waals surface area contributed by atoms with Crippen LogP contribution in [0.1, 0.15) is 25.7 Å². The standard InChI is InChI=1S/C7H12F3NO/c8-7(9,10)12-6-4-2-1-3-5(6)11/h5-6H,1-4,11H2. The van der Waals surface area contributed by atoms with Crippen molar-refractivity contribution >= 4 is 0 Å². The molecule has 12 heavy (non-hydrogen) atoms. The van der Waals surface area contributed by atoms with E-state index in [0.717, 1.165) is 12.8 Å². The molecule has 5 heteroatoms. The van der Waals surface area contributed by atoms with E-state index in [0.29, 0.717) is 12.8 Å². The van der Waals surface area contributed by atoms with Crippen LogP contribution in [0.25, 0.3) is 0 Å². The summed E-state index contributed by atoms with van der Waals surface area (Å²) in [4.78, 5) is 0. The summed E-state index contributed by atoms with van der Waals surface area (Å²) in [6.07, 6.45) is -2.66. The molecule has 1 rings (SSSR count). The Kier molecular flexibility index (Phi) is 2.95. The van der Waals surface area contributed by atoms with E-state index in [4.69, 9.17) is 5.73 Å². The highest BCUT2D eigenvalue weighted by Crippen LogP contribution is 2.26. The molecule has 72 valence electrons. The average molecular weight is 183 g/mol. The second-order valence-electron chi connectivity index (χ2n) is 3.05. The Labute approximate surface area is 68.9 Å². The van der Waals surface area contributed by atoms with Gasteiger partial charge >= 0.3 is 6.36 Å². The summed E-state index contributed by atoms with van der Waals surface area (Å²) in [5.41, 5.74) is 5.46. The molecule has 2 atom stereocenters. The number of halogens is 3. The molecular formula is C7H12F3NO. The second kappa shape index (κ2) is 3.62. The van der Waals surface area contributed by atoms with Gasteiger partial charge in [0.15, 0.2) is 0 Å². The molecular weight excluding hydrogens is 171 g/mol. The van der Waals surface area contributed by atoms with Gasteiger partial charge in [0.1, 0.15) is 0 Å². The van der Waals surface area contributed by atoms with E-state index in [-0.39, 0.29) is 0 Å². The smallest absolute Gasteiger partial charge is 0.325 e. The lowest BCUT2D eigenvalue weighted by atomic mass is 9.93. The molecule has 0 amide bonds. The first-order chi connectivity index (χ1) is 5.49. The molecule has 0 saturated heterocycles. The summed E-state index contributed by atoms with van der Waals surface area (Å²) in [7, 11) is 0. The average Bonchev–Trinajstić information content (AvgIpc) is 1.91. The zero-order valence-electron chi connectivity index (χ0n) is 6.60. The van der Waals surface area contributed by atoms with Gasteiger partial charge in [-0.1, -0.05) is 12.8 Å². The van der Waals surface area contributed by atoms with Crippen molar-refractivity contribution in [3.8, 4) is 0 Å². The van der Waals surface area contributed by atoms with Gasteiger partial charge in [-0.3, -0.25) is 4.74 Å². The van der Waals surface area contributed by atoms with Crippen molar-refractivity contribution in [3.05, 3.63) is 0 Å². The van der Waals surface area contributed by atoms with Crippen LogP contribution in [0.3, 0.4) is 0 Å². The first kappa shape index (κ1) is 9.80. The summed E-state index contributed by atoms with van der Waals surface area (Å²) < 4.78 is 39.1. The van der Waals surface area contributed by atoms with Crippen LogP contribution in [-0.2, 0) is 4.74 Å². The molecule has 0 spiro atoms. The Morgan fingerprint density at radius 3 is 2.25 bits per heavy atom. The van der Waals surface area contributed by atoms with Gasteiger partial charge in [0.05, 0.1) is 6.10 Å². The van der Waals surface area contributed by atoms with Gasteiger partial charge in [-0.15, -0.1) is 13.2 Å². The summed E-state index contributed by atoms with van der Waals surface area (Å²) in [6, 6.07) is -0.458. The van der Waals surface area contributed by atoms with Crippen molar-refractivity contribution in [2.45, 2.75) is 44.2 Å². The molecule has 2 nitrogen and oxygen atoms in total. The largest absolute Gasteiger partial charge is 0.522 e. The molecule has 0 aromatic rings. The highest BCUT2D eigenvalue weighted by molar-refractivity contribution is 4.78. The molecule has 1 aliphatic rings. The molecule has 1 aliphatic carbocycles. The van der Waals surface area contributed by atoms with Gasteiger partial charge in [-0.05, 0) is 12.8 Å². The van der Waals surface area contributed by atoms with Crippen LogP contribution in [-0.4, -0.2) is 18.5 Å². The van der Waals surface area contributed by atoms with Gasteiger partial charge in [0.2, 0.25) is 0 Å². The number of alkyl halides is 3. The minimum absolute atomic E-state index is 0.417. The van der Waals surface area contributed by atoms with Gasteiger partial charge in [0, 0.05) is 6.04 Å². The maximum Gasteiger partial charge on any atom is 0.522 e. The van der Waals surface area contributed by atoms with Crippen LogP contribution in [0.5, 0.6) is 0 Å². The van der Waals surface area contributed by atoms with Gasteiger partial charge < -0.3 is 5.73 Å². The van der Waals surface area contributed by atoms with Gasteiger partial charge in [0.25, 0.3) is 0 Å². The summed E-state index contributed by atoms with van der Waals surface area (Å²) in [6.45, 7) is 0. The molecule has 0 aliphatic heterocycles. The first-order valence-corrected chi connectivity index (χ1v) is 3.99. The number of ether oxygens (including phenoxy) is 1. The third-order valence-electron chi connectivity index (χ3n) is 2.04. The van der Waals surface area contributed by atoms with Crippen molar-refractivity contribution in [1.82, 2.24) is 0 Å². The van der Waals surface area contributed by atoms with Crippen LogP contribution in [0.15, 0.2) is 0 Å². The lowest BCUT2D eigenvalue weighted by Gasteiger charge is -2.28. The van der Waals surface area contributed by atoms with Crippen molar-refractivity contribution in [2.24, 2.45) is 5.73 Å². The lowest BCUT2D eigenvalue weighted by Crippen LogP contribution is -2.42. The van der Waals surface area contributed by atoms with Crippen LogP contribution in [0.2, 0.25) is 0 Å². The molecule has 0 aromatic carbocycles. The highest BCUT2D eigenvalue weighted by Gasteiger charge is 2.36. The summed E-state index contributed by atoms with van der Waals surface area (Å²) >= 11 is 0. The molecule has 1 saturated carbocycles. The molecule has 0 bridgehead atoms. The summed E-state index contributed by atoms with van der Waals surface area (Å²) in [5, 5.41) is 0. The van der Waals surface area contributed by atoms with Crippen molar-refractivity contribution in [2.75, 3.05) is 0 Å². The SMILES string of the molecule is NC1CCCCC1OC(F)(F)F. The monoisotopic (exact) mass is 183 g/mol. The van der Waals surface area contributed by atoms with Crippen molar-refractivity contribution in [1.29, 1.82) is 0 Å². The number of hydrogen-bond donors (Lipinski definition) is 1. The number of nitrogens with two attached hydrogens (primary N) is 1. The molecule has 0 radical (unpaired) electrons. The van der Waals surface area contributed by atoms with Crippen LogP contribution in [0.4, 0.5) is 13.2 Å². The molecule has 0 aromatic heterocycles. The Morgan fingerprint density at radius 1 is 1.17 bits per heavy atom. The first-order valence-electron chi connectivity index (χ1n) is 3.99. The van der Waals surface area contributed by atoms with E-state index in [2.05, 4.69) is 4.74 Å². The number of rotatable bonds is 1. The fraction of sp³-hybridized carbons (Fsp3) is 1.00. The lowest BCUT2D eigenvalue weighted by molar-refractivity contribution is -0.346. The van der Waals surface area contributed by atoms with E-state index in [1.165, 1.54) is 0 Å². The van der Waals surface area contributed by atoms with Gasteiger partial charge in [-0.2, -0.15) is 0 Å². The Morgan fingerprint density at radius 2 is 1.75 bits per heavy atom. The predicted molar refractivity (Wildman–Crippen MR) is 37.4 cm³/mol. The van der Waals surface area contributed by atoms with E-state index >= 15 is 0 Å². The number of hydrogen-bond acceptors (Lipinski definition) is 2. The Balaban J connectivity index is 2.39. The fourth-order valence-electron chi connectivity index (χ4n) is 1.44.